The molecule has 1 aromatic heterocycles. The van der Waals surface area contributed by atoms with Crippen molar-refractivity contribution in [3.8, 4) is 0 Å². The molecule has 162 valence electrons. The number of likely N-dealkylation sites (tertiary alicyclic amines) is 2. The van der Waals surface area contributed by atoms with Crippen molar-refractivity contribution in [1.82, 2.24) is 14.8 Å². The summed E-state index contributed by atoms with van der Waals surface area (Å²) in [5.41, 5.74) is 3.29. The van der Waals surface area contributed by atoms with E-state index in [-0.39, 0.29) is 5.91 Å². The van der Waals surface area contributed by atoms with Crippen LogP contribution in [-0.4, -0.2) is 53.4 Å². The van der Waals surface area contributed by atoms with Crippen molar-refractivity contribution in [3.05, 3.63) is 59.1 Å². The minimum atomic E-state index is 0.0669. The Morgan fingerprint density at radius 2 is 1.77 bits per heavy atom. The highest BCUT2D eigenvalue weighted by Crippen LogP contribution is 2.32. The number of amides is 1. The van der Waals surface area contributed by atoms with Gasteiger partial charge in [-0.3, -0.25) is 14.6 Å². The van der Waals surface area contributed by atoms with Crippen LogP contribution < -0.4 is 5.32 Å². The van der Waals surface area contributed by atoms with Crippen molar-refractivity contribution in [2.24, 2.45) is 0 Å². The molecule has 0 spiro atoms. The molecule has 2 fully saturated rings. The second-order valence-electron chi connectivity index (χ2n) is 8.82. The van der Waals surface area contributed by atoms with E-state index in [0.717, 1.165) is 43.7 Å². The lowest BCUT2D eigenvalue weighted by atomic mass is 9.99. The van der Waals surface area contributed by atoms with Crippen LogP contribution in [0.25, 0.3) is 10.2 Å². The number of carbonyl (C=O) groups is 1. The van der Waals surface area contributed by atoms with Crippen LogP contribution in [0.1, 0.15) is 42.2 Å². The lowest BCUT2D eigenvalue weighted by molar-refractivity contribution is -0.117. The first-order valence-corrected chi connectivity index (χ1v) is 12.2. The number of nitrogens with zero attached hydrogens (tertiary/aromatic N) is 3. The summed E-state index contributed by atoms with van der Waals surface area (Å²) in [6, 6.07) is 16.7. The molecule has 0 saturated carbocycles. The Morgan fingerprint density at radius 1 is 1.00 bits per heavy atom. The highest BCUT2D eigenvalue weighted by molar-refractivity contribution is 7.18. The zero-order chi connectivity index (χ0) is 21.0. The van der Waals surface area contributed by atoms with Crippen LogP contribution in [0.2, 0.25) is 0 Å². The predicted octanol–water partition coefficient (Wildman–Crippen LogP) is 4.71. The summed E-state index contributed by atoms with van der Waals surface area (Å²) in [6.07, 6.45) is 4.88. The molecule has 5 nitrogen and oxygen atoms in total. The van der Waals surface area contributed by atoms with Crippen molar-refractivity contribution in [2.45, 2.75) is 38.1 Å². The van der Waals surface area contributed by atoms with E-state index in [4.69, 9.17) is 4.98 Å². The number of carbonyl (C=O) groups excluding carboxylic acids is 1. The molecule has 1 amide bonds. The van der Waals surface area contributed by atoms with Crippen LogP contribution in [0, 0.1) is 0 Å². The van der Waals surface area contributed by atoms with E-state index >= 15 is 0 Å². The van der Waals surface area contributed by atoms with Crippen LogP contribution in [0.3, 0.4) is 0 Å². The molecule has 5 rings (SSSR count). The maximum Gasteiger partial charge on any atom is 0.238 e. The van der Waals surface area contributed by atoms with Crippen LogP contribution in [-0.2, 0) is 11.3 Å². The van der Waals surface area contributed by atoms with Crippen molar-refractivity contribution in [2.75, 3.05) is 38.0 Å². The molecule has 0 bridgehead atoms. The average molecular weight is 435 g/mol. The summed E-state index contributed by atoms with van der Waals surface area (Å²) in [4.78, 5) is 22.3. The summed E-state index contributed by atoms with van der Waals surface area (Å²) in [5, 5.41) is 4.29. The second-order valence-corrected chi connectivity index (χ2v) is 9.88. The Bertz CT molecular complexity index is 992. The fourth-order valence-electron chi connectivity index (χ4n) is 4.76. The number of hydrogen-bond donors (Lipinski definition) is 1. The van der Waals surface area contributed by atoms with Crippen LogP contribution in [0.5, 0.6) is 0 Å². The minimum absolute atomic E-state index is 0.0669. The lowest BCUT2D eigenvalue weighted by Crippen LogP contribution is -2.39. The number of benzene rings is 2. The van der Waals surface area contributed by atoms with Crippen molar-refractivity contribution in [3.63, 3.8) is 0 Å². The van der Waals surface area contributed by atoms with Crippen molar-refractivity contribution >= 4 is 33.1 Å². The number of nitrogens with one attached hydrogen (secondary N) is 1. The monoisotopic (exact) mass is 434 g/mol. The molecule has 0 aliphatic carbocycles. The molecule has 3 aromatic rings. The van der Waals surface area contributed by atoms with E-state index in [2.05, 4.69) is 45.4 Å². The third-order valence-corrected chi connectivity index (χ3v) is 7.57. The smallest absolute Gasteiger partial charge is 0.238 e. The molecule has 31 heavy (non-hydrogen) atoms. The molecular formula is C25H30N4OS. The molecule has 2 aromatic carbocycles. The van der Waals surface area contributed by atoms with Crippen molar-refractivity contribution in [1.29, 1.82) is 0 Å². The molecule has 0 radical (unpaired) electrons. The number of fused-ring (bicyclic) bond motifs is 1. The van der Waals surface area contributed by atoms with E-state index in [9.17, 15) is 4.79 Å². The molecular weight excluding hydrogens is 404 g/mol. The van der Waals surface area contributed by atoms with E-state index < -0.39 is 0 Å². The number of rotatable bonds is 6. The van der Waals surface area contributed by atoms with Gasteiger partial charge in [0, 0.05) is 24.7 Å². The van der Waals surface area contributed by atoms with Gasteiger partial charge in [0.05, 0.1) is 21.8 Å². The third-order valence-electron chi connectivity index (χ3n) is 6.37. The Hall–Kier alpha value is -2.28. The fourth-order valence-corrected chi connectivity index (χ4v) is 5.85. The van der Waals surface area contributed by atoms with Crippen LogP contribution in [0.4, 0.5) is 5.69 Å². The van der Waals surface area contributed by atoms with Gasteiger partial charge in [0.25, 0.3) is 0 Å². The van der Waals surface area contributed by atoms with E-state index in [0.29, 0.717) is 12.5 Å². The van der Waals surface area contributed by atoms with Gasteiger partial charge in [0.2, 0.25) is 5.91 Å². The maximum absolute atomic E-state index is 12.7. The zero-order valence-corrected chi connectivity index (χ0v) is 18.7. The highest BCUT2D eigenvalue weighted by atomic mass is 32.1. The minimum Gasteiger partial charge on any atom is -0.325 e. The van der Waals surface area contributed by atoms with Gasteiger partial charge in [-0.25, -0.2) is 4.98 Å². The third kappa shape index (κ3) is 5.14. The van der Waals surface area contributed by atoms with Gasteiger partial charge in [0.1, 0.15) is 0 Å². The molecule has 6 heteroatoms. The van der Waals surface area contributed by atoms with Crippen LogP contribution >= 0.6 is 11.3 Å². The number of para-hydroxylation sites is 1. The molecule has 3 heterocycles. The summed E-state index contributed by atoms with van der Waals surface area (Å²) in [5.74, 6) is 0.487. The summed E-state index contributed by atoms with van der Waals surface area (Å²) >= 11 is 1.80. The second kappa shape index (κ2) is 9.47. The summed E-state index contributed by atoms with van der Waals surface area (Å²) < 4.78 is 1.25. The number of anilines is 1. The molecule has 1 atom stereocenters. The molecule has 1 unspecified atom stereocenters. The first-order valence-electron chi connectivity index (χ1n) is 11.4. The van der Waals surface area contributed by atoms with Gasteiger partial charge < -0.3 is 5.32 Å². The van der Waals surface area contributed by atoms with E-state index in [1.807, 2.05) is 18.2 Å². The fraction of sp³-hybridized carbons (Fsp3) is 0.440. The standard InChI is InChI=1S/C25H30N4OS/c30-24(26-21-11-9-19(10-12-21)16-28-13-3-4-14-28)18-29-15-5-6-20(17-29)25-27-22-7-1-2-8-23(22)31-25/h1-2,7-12,20H,3-6,13-18H2,(H,26,30). The largest absolute Gasteiger partial charge is 0.325 e. The topological polar surface area (TPSA) is 48.5 Å². The highest BCUT2D eigenvalue weighted by Gasteiger charge is 2.25. The molecule has 2 aliphatic rings. The van der Waals surface area contributed by atoms with E-state index in [1.165, 1.54) is 41.2 Å². The Morgan fingerprint density at radius 3 is 2.58 bits per heavy atom. The van der Waals surface area contributed by atoms with Gasteiger partial charge in [-0.2, -0.15) is 0 Å². The maximum atomic E-state index is 12.7. The summed E-state index contributed by atoms with van der Waals surface area (Å²) in [6.45, 7) is 5.73. The Balaban J connectivity index is 1.14. The Labute approximate surface area is 188 Å². The number of thiazole rings is 1. The normalized spacial score (nSPS) is 20.3. The zero-order valence-electron chi connectivity index (χ0n) is 17.9. The van der Waals surface area contributed by atoms with Gasteiger partial charge in [-0.15, -0.1) is 11.3 Å². The Kier molecular flexibility index (Phi) is 6.30. The van der Waals surface area contributed by atoms with Gasteiger partial charge >= 0.3 is 0 Å². The quantitative estimate of drug-likeness (QED) is 0.610. The molecule has 2 aliphatic heterocycles. The first-order chi connectivity index (χ1) is 15.2. The van der Waals surface area contributed by atoms with Crippen molar-refractivity contribution < 1.29 is 4.79 Å². The molecule has 2 saturated heterocycles. The van der Waals surface area contributed by atoms with Gasteiger partial charge in [-0.05, 0) is 75.1 Å². The first kappa shape index (κ1) is 20.6. The average Bonchev–Trinajstić information content (AvgIpc) is 3.45. The number of aromatic nitrogens is 1. The van der Waals surface area contributed by atoms with Gasteiger partial charge in [0.15, 0.2) is 0 Å². The van der Waals surface area contributed by atoms with Gasteiger partial charge in [-0.1, -0.05) is 24.3 Å². The number of piperidine rings is 1. The van der Waals surface area contributed by atoms with E-state index in [1.54, 1.807) is 11.3 Å². The predicted molar refractivity (Wildman–Crippen MR) is 128 cm³/mol. The van der Waals surface area contributed by atoms with Crippen LogP contribution in [0.15, 0.2) is 48.5 Å². The summed E-state index contributed by atoms with van der Waals surface area (Å²) in [7, 11) is 0. The SMILES string of the molecule is O=C(CN1CCCC(c2nc3ccccc3s2)C1)Nc1ccc(CN2CCCC2)cc1. The number of hydrogen-bond acceptors (Lipinski definition) is 5. The molecule has 1 N–H and O–H groups in total. The lowest BCUT2D eigenvalue weighted by Gasteiger charge is -2.31.